The van der Waals surface area contributed by atoms with E-state index in [1.807, 2.05) is 121 Å². The molecule has 0 aliphatic carbocycles. The molecule has 51 heavy (non-hydrogen) atoms. The molecule has 10 nitrogen and oxygen atoms in total. The van der Waals surface area contributed by atoms with Crippen LogP contribution in [0.25, 0.3) is 0 Å². The Labute approximate surface area is 298 Å². The quantitative estimate of drug-likeness (QED) is 0.0792. The number of benzene rings is 5. The van der Waals surface area contributed by atoms with Gasteiger partial charge in [0, 0.05) is 31.6 Å². The van der Waals surface area contributed by atoms with Gasteiger partial charge in [-0.1, -0.05) is 133 Å². The fourth-order valence-electron chi connectivity index (χ4n) is 6.61. The Kier molecular flexibility index (Phi) is 11.3. The number of hydroxylamine groups is 1. The van der Waals surface area contributed by atoms with Crippen molar-refractivity contribution in [2.75, 3.05) is 26.2 Å². The molecule has 0 radical (unpaired) electrons. The number of rotatable bonds is 14. The van der Waals surface area contributed by atoms with E-state index in [4.69, 9.17) is 4.84 Å². The molecule has 0 aromatic heterocycles. The van der Waals surface area contributed by atoms with Crippen LogP contribution < -0.4 is 5.48 Å². The Bertz CT molecular complexity index is 1910. The lowest BCUT2D eigenvalue weighted by Crippen LogP contribution is -2.46. The summed E-state index contributed by atoms with van der Waals surface area (Å²) >= 11 is 0. The summed E-state index contributed by atoms with van der Waals surface area (Å²) in [5.74, 6) is -0.524. The van der Waals surface area contributed by atoms with Crippen molar-refractivity contribution < 1.29 is 23.0 Å². The minimum atomic E-state index is -4.21. The van der Waals surface area contributed by atoms with Gasteiger partial charge in [-0.25, -0.2) is 13.9 Å². The molecule has 1 aliphatic rings. The number of nitro groups is 1. The fourth-order valence-corrected chi connectivity index (χ4v) is 8.19. The van der Waals surface area contributed by atoms with Crippen LogP contribution in [0.1, 0.15) is 35.1 Å². The van der Waals surface area contributed by atoms with Gasteiger partial charge in [-0.15, -0.1) is 0 Å². The maximum atomic E-state index is 13.9. The molecule has 5 aromatic rings. The molecule has 262 valence electrons. The lowest BCUT2D eigenvalue weighted by Gasteiger charge is -2.36. The molecule has 5 aromatic carbocycles. The third-order valence-electron chi connectivity index (χ3n) is 9.35. The Morgan fingerprint density at radius 3 is 1.75 bits per heavy atom. The Balaban J connectivity index is 1.14. The predicted molar refractivity (Wildman–Crippen MR) is 195 cm³/mol. The average Bonchev–Trinajstić information content (AvgIpc) is 3.18. The van der Waals surface area contributed by atoms with Crippen LogP contribution in [0, 0.1) is 16.0 Å². The molecule has 0 unspecified atom stereocenters. The van der Waals surface area contributed by atoms with E-state index in [-0.39, 0.29) is 29.8 Å². The molecule has 1 fully saturated rings. The zero-order valence-electron chi connectivity index (χ0n) is 28.1. The first-order valence-electron chi connectivity index (χ1n) is 16.9. The lowest BCUT2D eigenvalue weighted by molar-refractivity contribution is -0.387. The van der Waals surface area contributed by atoms with Gasteiger partial charge >= 0.3 is 0 Å². The van der Waals surface area contributed by atoms with E-state index in [1.54, 1.807) is 0 Å². The molecular weight excluding hydrogens is 665 g/mol. The van der Waals surface area contributed by atoms with E-state index in [9.17, 15) is 23.3 Å². The average molecular weight is 705 g/mol. The van der Waals surface area contributed by atoms with Crippen molar-refractivity contribution in [3.05, 3.63) is 178 Å². The van der Waals surface area contributed by atoms with Crippen molar-refractivity contribution in [1.82, 2.24) is 14.7 Å². The van der Waals surface area contributed by atoms with Crippen LogP contribution in [-0.4, -0.2) is 54.6 Å². The smallest absolute Gasteiger partial charge is 0.289 e. The maximum absolute atomic E-state index is 13.9. The second-order valence-corrected chi connectivity index (χ2v) is 14.4. The Morgan fingerprint density at radius 2 is 1.24 bits per heavy atom. The fraction of sp³-hybridized carbons (Fsp3) is 0.225. The molecule has 0 spiro atoms. The lowest BCUT2D eigenvalue weighted by atomic mass is 9.80. The van der Waals surface area contributed by atoms with Crippen molar-refractivity contribution in [3.8, 4) is 0 Å². The van der Waals surface area contributed by atoms with Crippen molar-refractivity contribution in [2.24, 2.45) is 5.92 Å². The van der Waals surface area contributed by atoms with Crippen LogP contribution in [-0.2, 0) is 31.8 Å². The number of carbonyl (C=O) groups excluding carboxylic acids is 1. The number of likely N-dealkylation sites (tertiary alicyclic amines) is 1. The van der Waals surface area contributed by atoms with Gasteiger partial charge < -0.3 is 4.90 Å². The molecule has 1 aliphatic heterocycles. The third kappa shape index (κ3) is 8.08. The van der Waals surface area contributed by atoms with Crippen molar-refractivity contribution >= 4 is 21.6 Å². The van der Waals surface area contributed by atoms with E-state index in [0.29, 0.717) is 32.5 Å². The van der Waals surface area contributed by atoms with Crippen LogP contribution in [0.2, 0.25) is 0 Å². The van der Waals surface area contributed by atoms with Gasteiger partial charge in [-0.3, -0.25) is 19.7 Å². The predicted octanol–water partition coefficient (Wildman–Crippen LogP) is 6.54. The molecule has 1 saturated heterocycles. The van der Waals surface area contributed by atoms with E-state index in [2.05, 4.69) is 10.4 Å². The highest BCUT2D eigenvalue weighted by Gasteiger charge is 2.40. The molecule has 1 amide bonds. The highest BCUT2D eigenvalue weighted by atomic mass is 32.2. The van der Waals surface area contributed by atoms with Gasteiger partial charge in [0.1, 0.15) is 0 Å². The standard InChI is InChI=1S/C40H40N4O6S/c45-39(41-50-40(34-17-7-2-8-18-34,35-19-9-3-10-20-35)36-21-11-4-12-22-36)33-25-27-42(28-26-33)29-30-43(31-32-15-5-1-6-16-32)51(48,49)38-24-14-13-23-37(38)44(46)47/h1-24,33H,25-31H2,(H,41,45). The van der Waals surface area contributed by atoms with Gasteiger partial charge in [0.2, 0.25) is 15.9 Å². The van der Waals surface area contributed by atoms with E-state index < -0.39 is 26.2 Å². The topological polar surface area (TPSA) is 122 Å². The summed E-state index contributed by atoms with van der Waals surface area (Å²) in [6, 6.07) is 44.0. The molecule has 0 atom stereocenters. The zero-order chi connectivity index (χ0) is 35.7. The van der Waals surface area contributed by atoms with Crippen molar-refractivity contribution in [1.29, 1.82) is 0 Å². The molecule has 11 heteroatoms. The number of hydrogen-bond donors (Lipinski definition) is 1. The van der Waals surface area contributed by atoms with Gasteiger partial charge in [-0.05, 0) is 54.3 Å². The van der Waals surface area contributed by atoms with Crippen LogP contribution in [0.4, 0.5) is 5.69 Å². The van der Waals surface area contributed by atoms with Gasteiger partial charge in [-0.2, -0.15) is 4.31 Å². The van der Waals surface area contributed by atoms with Gasteiger partial charge in [0.05, 0.1) is 4.92 Å². The number of piperidine rings is 1. The van der Waals surface area contributed by atoms with Crippen LogP contribution in [0.5, 0.6) is 0 Å². The molecule has 6 rings (SSSR count). The highest BCUT2D eigenvalue weighted by Crippen LogP contribution is 2.40. The van der Waals surface area contributed by atoms with Gasteiger partial charge in [0.15, 0.2) is 10.5 Å². The Hall–Kier alpha value is -5.20. The molecule has 0 saturated carbocycles. The van der Waals surface area contributed by atoms with E-state index in [0.717, 1.165) is 22.3 Å². The number of sulfonamides is 1. The normalized spacial score (nSPS) is 14.3. The monoisotopic (exact) mass is 704 g/mol. The molecule has 0 bridgehead atoms. The number of nitrogens with one attached hydrogen (secondary N) is 1. The largest absolute Gasteiger partial charge is 0.302 e. The summed E-state index contributed by atoms with van der Waals surface area (Å²) in [6.45, 7) is 1.74. The second-order valence-electron chi connectivity index (χ2n) is 12.5. The van der Waals surface area contributed by atoms with Crippen LogP contribution >= 0.6 is 0 Å². The number of hydrogen-bond acceptors (Lipinski definition) is 7. The number of nitro benzene ring substituents is 1. The van der Waals surface area contributed by atoms with Crippen molar-refractivity contribution in [2.45, 2.75) is 29.9 Å². The first-order valence-corrected chi connectivity index (χ1v) is 18.4. The SMILES string of the molecule is O=C(NOC(c1ccccc1)(c1ccccc1)c1ccccc1)C1CCN(CCN(Cc2ccccc2)S(=O)(=O)c2ccccc2[N+](=O)[O-])CC1. The van der Waals surface area contributed by atoms with Crippen LogP contribution in [0.3, 0.4) is 0 Å². The van der Waals surface area contributed by atoms with Gasteiger partial charge in [0.25, 0.3) is 5.69 Å². The van der Waals surface area contributed by atoms with Crippen LogP contribution in [0.15, 0.2) is 150 Å². The summed E-state index contributed by atoms with van der Waals surface area (Å²) in [4.78, 5) is 33.1. The third-order valence-corrected chi connectivity index (χ3v) is 11.2. The molecule has 1 N–H and O–H groups in total. The summed E-state index contributed by atoms with van der Waals surface area (Å²) in [5, 5.41) is 11.7. The summed E-state index contributed by atoms with van der Waals surface area (Å²) < 4.78 is 29.0. The minimum absolute atomic E-state index is 0.0669. The summed E-state index contributed by atoms with van der Waals surface area (Å²) in [6.07, 6.45) is 1.11. The number of carbonyl (C=O) groups is 1. The highest BCUT2D eigenvalue weighted by molar-refractivity contribution is 7.89. The number of para-hydroxylation sites is 1. The Morgan fingerprint density at radius 1 is 0.765 bits per heavy atom. The number of nitrogens with zero attached hydrogens (tertiary/aromatic N) is 3. The molecular formula is C40H40N4O6S. The maximum Gasteiger partial charge on any atom is 0.289 e. The first-order chi connectivity index (χ1) is 24.8. The first kappa shape index (κ1) is 35.6. The van der Waals surface area contributed by atoms with E-state index >= 15 is 0 Å². The van der Waals surface area contributed by atoms with E-state index in [1.165, 1.54) is 28.6 Å². The number of amides is 1. The molecule has 1 heterocycles. The van der Waals surface area contributed by atoms with Crippen molar-refractivity contribution in [3.63, 3.8) is 0 Å². The second kappa shape index (κ2) is 16.2. The zero-order valence-corrected chi connectivity index (χ0v) is 28.9. The summed E-state index contributed by atoms with van der Waals surface area (Å²) in [7, 11) is -4.21. The summed E-state index contributed by atoms with van der Waals surface area (Å²) in [5.41, 5.74) is 4.66. The minimum Gasteiger partial charge on any atom is -0.302 e.